The Balaban J connectivity index is 1.83. The average Bonchev–Trinajstić information content (AvgIpc) is 3.45. The van der Waals surface area contributed by atoms with Gasteiger partial charge in [-0.1, -0.05) is 83.1 Å². The molecule has 0 aromatic heterocycles. The van der Waals surface area contributed by atoms with Gasteiger partial charge < -0.3 is 0 Å². The second-order valence-corrected chi connectivity index (χ2v) is 9.91. The Labute approximate surface area is 157 Å². The van der Waals surface area contributed by atoms with Gasteiger partial charge in [-0.15, -0.1) is 4.31 Å². The van der Waals surface area contributed by atoms with E-state index in [1.54, 1.807) is 0 Å². The first kappa shape index (κ1) is 17.2. The molecular formula is C23H24NOS+. The third-order valence-corrected chi connectivity index (χ3v) is 8.67. The molecule has 26 heavy (non-hydrogen) atoms. The Kier molecular flexibility index (Phi) is 4.51. The van der Waals surface area contributed by atoms with E-state index in [0.717, 1.165) is 4.90 Å². The molecule has 0 spiro atoms. The van der Waals surface area contributed by atoms with Gasteiger partial charge in [0.25, 0.3) is 0 Å². The second kappa shape index (κ2) is 6.82. The molecule has 0 aliphatic heterocycles. The van der Waals surface area contributed by atoms with E-state index >= 15 is 0 Å². The number of hydrogen-bond acceptors (Lipinski definition) is 1. The molecule has 0 heterocycles. The van der Waals surface area contributed by atoms with Crippen LogP contribution < -0.4 is 0 Å². The van der Waals surface area contributed by atoms with Crippen molar-refractivity contribution >= 4 is 10.1 Å². The summed E-state index contributed by atoms with van der Waals surface area (Å²) < 4.78 is 16.3. The van der Waals surface area contributed by atoms with Crippen molar-refractivity contribution in [1.82, 2.24) is 4.31 Å². The number of nitrogens with zero attached hydrogens (tertiary/aromatic N) is 1. The molecule has 4 rings (SSSR count). The Morgan fingerprint density at radius 2 is 1.04 bits per heavy atom. The summed E-state index contributed by atoms with van der Waals surface area (Å²) in [4.78, 5) is 0.925. The van der Waals surface area contributed by atoms with Gasteiger partial charge in [0.05, 0.1) is 0 Å². The van der Waals surface area contributed by atoms with Crippen molar-refractivity contribution in [2.24, 2.45) is 0 Å². The highest BCUT2D eigenvalue weighted by Crippen LogP contribution is 2.62. The predicted molar refractivity (Wildman–Crippen MR) is 109 cm³/mol. The molecule has 3 atom stereocenters. The zero-order chi connectivity index (χ0) is 18.1. The maximum atomic E-state index is 14.3. The molecule has 0 amide bonds. The van der Waals surface area contributed by atoms with Gasteiger partial charge in [-0.25, -0.2) is 0 Å². The molecule has 1 fully saturated rings. The zero-order valence-corrected chi connectivity index (χ0v) is 16.0. The smallest absolute Gasteiger partial charge is 0.126 e. The largest absolute Gasteiger partial charge is 0.194 e. The van der Waals surface area contributed by atoms with Crippen molar-refractivity contribution in [3.05, 3.63) is 102 Å². The minimum atomic E-state index is -2.35. The van der Waals surface area contributed by atoms with Crippen LogP contribution in [-0.2, 0) is 14.3 Å². The first-order valence-electron chi connectivity index (χ1n) is 8.99. The lowest BCUT2D eigenvalue weighted by molar-refractivity contribution is 0.527. The second-order valence-electron chi connectivity index (χ2n) is 7.03. The van der Waals surface area contributed by atoms with Gasteiger partial charge in [0.2, 0.25) is 0 Å². The van der Waals surface area contributed by atoms with E-state index in [2.05, 4.69) is 48.5 Å². The quantitative estimate of drug-likeness (QED) is 0.587. The van der Waals surface area contributed by atoms with E-state index in [4.69, 9.17) is 0 Å². The summed E-state index contributed by atoms with van der Waals surface area (Å²) >= 11 is 0. The topological polar surface area (TPSA) is 20.3 Å². The molecule has 1 aliphatic rings. The van der Waals surface area contributed by atoms with Crippen molar-refractivity contribution in [3.63, 3.8) is 0 Å². The van der Waals surface area contributed by atoms with Gasteiger partial charge in [-0.3, -0.25) is 0 Å². The molecule has 3 aromatic rings. The SMILES string of the molecule is CN(C)[S+](=O)(c1ccccc1)C1C(c2ccccc2)C1c1ccccc1. The average molecular weight is 363 g/mol. The van der Waals surface area contributed by atoms with E-state index in [1.807, 2.05) is 60.9 Å². The lowest BCUT2D eigenvalue weighted by Gasteiger charge is -2.18. The van der Waals surface area contributed by atoms with Crippen LogP contribution in [0.3, 0.4) is 0 Å². The molecule has 0 bridgehead atoms. The van der Waals surface area contributed by atoms with Crippen LogP contribution >= 0.6 is 0 Å². The molecular weight excluding hydrogens is 338 g/mol. The van der Waals surface area contributed by atoms with Crippen LogP contribution in [0, 0.1) is 0 Å². The summed E-state index contributed by atoms with van der Waals surface area (Å²) in [6.07, 6.45) is 0. The summed E-state index contributed by atoms with van der Waals surface area (Å²) in [7, 11) is 1.53. The van der Waals surface area contributed by atoms with Gasteiger partial charge in [-0.2, -0.15) is 0 Å². The highest BCUT2D eigenvalue weighted by atomic mass is 32.3. The molecule has 0 radical (unpaired) electrons. The monoisotopic (exact) mass is 362 g/mol. The molecule has 3 unspecified atom stereocenters. The molecule has 2 nitrogen and oxygen atoms in total. The minimum absolute atomic E-state index is 0.0738. The van der Waals surface area contributed by atoms with Gasteiger partial charge >= 0.3 is 0 Å². The Morgan fingerprint density at radius 1 is 0.654 bits per heavy atom. The molecule has 1 saturated carbocycles. The third kappa shape index (κ3) is 2.81. The van der Waals surface area contributed by atoms with Crippen LogP contribution in [0.2, 0.25) is 0 Å². The van der Waals surface area contributed by atoms with E-state index in [-0.39, 0.29) is 17.1 Å². The van der Waals surface area contributed by atoms with Crippen molar-refractivity contribution in [3.8, 4) is 0 Å². The van der Waals surface area contributed by atoms with E-state index in [9.17, 15) is 4.21 Å². The molecule has 1 aliphatic carbocycles. The Morgan fingerprint density at radius 3 is 1.42 bits per heavy atom. The molecule has 0 N–H and O–H groups in total. The minimum Gasteiger partial charge on any atom is -0.126 e. The first-order valence-corrected chi connectivity index (χ1v) is 10.6. The zero-order valence-electron chi connectivity index (χ0n) is 15.2. The molecule has 3 aromatic carbocycles. The maximum absolute atomic E-state index is 14.3. The summed E-state index contributed by atoms with van der Waals surface area (Å²) in [5.74, 6) is 0.544. The van der Waals surface area contributed by atoms with Crippen LogP contribution in [0.1, 0.15) is 23.0 Å². The molecule has 132 valence electrons. The van der Waals surface area contributed by atoms with Crippen LogP contribution in [0.15, 0.2) is 95.9 Å². The number of hydrogen-bond donors (Lipinski definition) is 0. The van der Waals surface area contributed by atoms with Gasteiger partial charge in [0.1, 0.15) is 0 Å². The summed E-state index contributed by atoms with van der Waals surface area (Å²) in [6, 6.07) is 31.0. The molecule has 3 heteroatoms. The van der Waals surface area contributed by atoms with Gasteiger partial charge in [0, 0.05) is 25.9 Å². The van der Waals surface area contributed by atoms with Crippen molar-refractivity contribution in [2.45, 2.75) is 22.0 Å². The molecule has 0 saturated heterocycles. The van der Waals surface area contributed by atoms with Crippen LogP contribution in [0.5, 0.6) is 0 Å². The number of rotatable bonds is 5. The van der Waals surface area contributed by atoms with Crippen LogP contribution in [0.25, 0.3) is 0 Å². The maximum Gasteiger partial charge on any atom is 0.194 e. The lowest BCUT2D eigenvalue weighted by atomic mass is 10.0. The van der Waals surface area contributed by atoms with Crippen molar-refractivity contribution in [2.75, 3.05) is 14.1 Å². The first-order chi connectivity index (χ1) is 12.6. The van der Waals surface area contributed by atoms with Crippen molar-refractivity contribution in [1.29, 1.82) is 0 Å². The standard InChI is InChI=1S/C23H24NOS/c1-24(2)26(25,20-16-10-5-11-17-20)23-21(18-12-6-3-7-13-18)22(23)19-14-8-4-9-15-19/h3-17,21-23H,1-2H3/q+1. The normalized spacial score (nSPS) is 24.2. The Bertz CT molecular complexity index is 863. The Hall–Kier alpha value is -2.23. The van der Waals surface area contributed by atoms with Gasteiger partial charge in [-0.05, 0) is 23.3 Å². The summed E-state index contributed by atoms with van der Waals surface area (Å²) in [6.45, 7) is 0. The predicted octanol–water partition coefficient (Wildman–Crippen LogP) is 4.97. The van der Waals surface area contributed by atoms with Crippen LogP contribution in [-0.4, -0.2) is 23.7 Å². The highest BCUT2D eigenvalue weighted by molar-refractivity contribution is 8.01. The van der Waals surface area contributed by atoms with Gasteiger partial charge in [0.15, 0.2) is 20.3 Å². The fourth-order valence-electron chi connectivity index (χ4n) is 4.05. The fraction of sp³-hybridized carbons (Fsp3) is 0.217. The lowest BCUT2D eigenvalue weighted by Crippen LogP contribution is -2.35. The third-order valence-electron chi connectivity index (χ3n) is 5.32. The van der Waals surface area contributed by atoms with E-state index in [0.29, 0.717) is 0 Å². The van der Waals surface area contributed by atoms with E-state index in [1.165, 1.54) is 11.1 Å². The fourth-order valence-corrected chi connectivity index (χ4v) is 7.18. The van der Waals surface area contributed by atoms with Crippen LogP contribution in [0.4, 0.5) is 0 Å². The summed E-state index contributed by atoms with van der Waals surface area (Å²) in [5, 5.41) is 0.0738. The van der Waals surface area contributed by atoms with Crippen molar-refractivity contribution < 1.29 is 4.21 Å². The van der Waals surface area contributed by atoms with E-state index < -0.39 is 10.1 Å². The summed E-state index contributed by atoms with van der Waals surface area (Å²) in [5.41, 5.74) is 2.55. The number of benzene rings is 3. The highest BCUT2D eigenvalue weighted by Gasteiger charge is 2.68.